The maximum Gasteiger partial charge on any atom is 0.237 e. The van der Waals surface area contributed by atoms with E-state index in [-0.39, 0.29) is 28.7 Å². The lowest BCUT2D eigenvalue weighted by Crippen LogP contribution is -2.30. The molecule has 1 aromatic carbocycles. The number of rotatable bonds is 1. The molecule has 3 nitrogen and oxygen atoms in total. The second kappa shape index (κ2) is 4.85. The molecule has 5 heteroatoms. The number of hydrogen-bond donors (Lipinski definition) is 0. The molecule has 0 unspecified atom stereocenters. The highest BCUT2D eigenvalue weighted by atomic mass is 35.5. The molecule has 1 saturated carbocycles. The quantitative estimate of drug-likeness (QED) is 0.745. The number of imide groups is 1. The molecule has 0 bridgehead atoms. The highest BCUT2D eigenvalue weighted by Crippen LogP contribution is 2.42. The molecule has 1 aliphatic heterocycles. The molecule has 1 heterocycles. The van der Waals surface area contributed by atoms with E-state index in [9.17, 15) is 14.0 Å². The van der Waals surface area contributed by atoms with Crippen molar-refractivity contribution in [2.45, 2.75) is 26.2 Å². The van der Waals surface area contributed by atoms with Gasteiger partial charge in [0.2, 0.25) is 11.8 Å². The van der Waals surface area contributed by atoms with Crippen molar-refractivity contribution < 1.29 is 14.0 Å². The fourth-order valence-electron chi connectivity index (χ4n) is 3.27. The first-order valence-corrected chi connectivity index (χ1v) is 7.19. The Kier molecular flexibility index (Phi) is 3.28. The van der Waals surface area contributed by atoms with E-state index in [1.165, 1.54) is 23.1 Å². The van der Waals surface area contributed by atoms with Crippen LogP contribution in [0, 0.1) is 23.6 Å². The molecule has 1 saturated heterocycles. The number of hydrogen-bond acceptors (Lipinski definition) is 2. The highest BCUT2D eigenvalue weighted by molar-refractivity contribution is 6.31. The Morgan fingerprint density at radius 3 is 2.60 bits per heavy atom. The monoisotopic (exact) mass is 295 g/mol. The summed E-state index contributed by atoms with van der Waals surface area (Å²) < 4.78 is 13.2. The SMILES string of the molecule is C[C@@H]1CC[C@H]2C(=O)N(c3ccc(F)c(Cl)c3)C(=O)[C@@H]2C1. The van der Waals surface area contributed by atoms with Crippen LogP contribution in [0.1, 0.15) is 26.2 Å². The highest BCUT2D eigenvalue weighted by Gasteiger charge is 2.49. The van der Waals surface area contributed by atoms with E-state index in [1.54, 1.807) is 0 Å². The topological polar surface area (TPSA) is 37.4 Å². The van der Waals surface area contributed by atoms with Gasteiger partial charge in [-0.3, -0.25) is 14.5 Å². The molecule has 0 radical (unpaired) electrons. The Morgan fingerprint density at radius 2 is 1.90 bits per heavy atom. The van der Waals surface area contributed by atoms with Crippen molar-refractivity contribution in [1.29, 1.82) is 0 Å². The fourth-order valence-corrected chi connectivity index (χ4v) is 3.44. The summed E-state index contributed by atoms with van der Waals surface area (Å²) in [6.45, 7) is 2.10. The zero-order chi connectivity index (χ0) is 14.4. The smallest absolute Gasteiger partial charge is 0.237 e. The van der Waals surface area contributed by atoms with E-state index < -0.39 is 5.82 Å². The van der Waals surface area contributed by atoms with Crippen LogP contribution < -0.4 is 4.90 Å². The standard InChI is InChI=1S/C15H15ClFNO2/c1-8-2-4-10-11(6-8)15(20)18(14(10)19)9-3-5-13(17)12(16)7-9/h3,5,7-8,10-11H,2,4,6H2,1H3/t8-,10-,11-/m1/s1. The molecular weight excluding hydrogens is 281 g/mol. The van der Waals surface area contributed by atoms with Gasteiger partial charge in [-0.1, -0.05) is 18.5 Å². The average Bonchev–Trinajstić information content (AvgIpc) is 2.65. The predicted octanol–water partition coefficient (Wildman–Crippen LogP) is 3.40. The van der Waals surface area contributed by atoms with Crippen molar-refractivity contribution in [2.24, 2.45) is 17.8 Å². The van der Waals surface area contributed by atoms with Gasteiger partial charge in [-0.25, -0.2) is 4.39 Å². The molecule has 1 aromatic rings. The molecule has 0 N–H and O–H groups in total. The van der Waals surface area contributed by atoms with Crippen molar-refractivity contribution in [3.8, 4) is 0 Å². The molecule has 2 aliphatic rings. The fraction of sp³-hybridized carbons (Fsp3) is 0.467. The summed E-state index contributed by atoms with van der Waals surface area (Å²) in [6, 6.07) is 3.95. The first kappa shape index (κ1) is 13.6. The number of carbonyl (C=O) groups excluding carboxylic acids is 2. The van der Waals surface area contributed by atoms with Crippen molar-refractivity contribution in [3.05, 3.63) is 29.0 Å². The molecule has 1 aliphatic carbocycles. The van der Waals surface area contributed by atoms with E-state index in [1.807, 2.05) is 0 Å². The first-order chi connectivity index (χ1) is 9.49. The molecule has 2 amide bonds. The van der Waals surface area contributed by atoms with Crippen LogP contribution in [0.15, 0.2) is 18.2 Å². The first-order valence-electron chi connectivity index (χ1n) is 6.82. The van der Waals surface area contributed by atoms with Gasteiger partial charge >= 0.3 is 0 Å². The van der Waals surface area contributed by atoms with E-state index in [0.29, 0.717) is 11.6 Å². The number of anilines is 1. The second-order valence-corrected chi connectivity index (χ2v) is 6.15. The Labute approximate surface area is 121 Å². The van der Waals surface area contributed by atoms with Gasteiger partial charge in [-0.05, 0) is 43.4 Å². The van der Waals surface area contributed by atoms with Crippen molar-refractivity contribution in [2.75, 3.05) is 4.90 Å². The summed E-state index contributed by atoms with van der Waals surface area (Å²) in [7, 11) is 0. The van der Waals surface area contributed by atoms with E-state index in [4.69, 9.17) is 11.6 Å². The van der Waals surface area contributed by atoms with Crippen LogP contribution in [0.25, 0.3) is 0 Å². The number of nitrogens with zero attached hydrogens (tertiary/aromatic N) is 1. The third-order valence-electron chi connectivity index (χ3n) is 4.35. The van der Waals surface area contributed by atoms with E-state index >= 15 is 0 Å². The van der Waals surface area contributed by atoms with Crippen molar-refractivity contribution >= 4 is 29.1 Å². The second-order valence-electron chi connectivity index (χ2n) is 5.74. The average molecular weight is 296 g/mol. The summed E-state index contributed by atoms with van der Waals surface area (Å²) in [4.78, 5) is 26.1. The van der Waals surface area contributed by atoms with Crippen LogP contribution in [-0.2, 0) is 9.59 Å². The maximum atomic E-state index is 13.2. The summed E-state index contributed by atoms with van der Waals surface area (Å²) in [5.41, 5.74) is 0.369. The van der Waals surface area contributed by atoms with Crippen molar-refractivity contribution in [1.82, 2.24) is 0 Å². The van der Waals surface area contributed by atoms with Gasteiger partial charge in [0.05, 0.1) is 22.5 Å². The van der Waals surface area contributed by atoms with Gasteiger partial charge in [-0.2, -0.15) is 0 Å². The molecular formula is C15H15ClFNO2. The van der Waals surface area contributed by atoms with E-state index in [0.717, 1.165) is 19.3 Å². The number of carbonyl (C=O) groups is 2. The summed E-state index contributed by atoms with van der Waals surface area (Å²) >= 11 is 5.74. The van der Waals surface area contributed by atoms with Gasteiger partial charge in [-0.15, -0.1) is 0 Å². The number of fused-ring (bicyclic) bond motifs is 1. The van der Waals surface area contributed by atoms with Gasteiger partial charge in [0, 0.05) is 0 Å². The Balaban J connectivity index is 1.96. The minimum atomic E-state index is -0.555. The Hall–Kier alpha value is -1.42. The molecule has 0 spiro atoms. The van der Waals surface area contributed by atoms with Crippen LogP contribution in [0.5, 0.6) is 0 Å². The van der Waals surface area contributed by atoms with Gasteiger partial charge < -0.3 is 0 Å². The molecule has 3 atom stereocenters. The Morgan fingerprint density at radius 1 is 1.20 bits per heavy atom. The molecule has 20 heavy (non-hydrogen) atoms. The number of benzene rings is 1. The zero-order valence-corrected chi connectivity index (χ0v) is 11.9. The number of amides is 2. The van der Waals surface area contributed by atoms with Gasteiger partial charge in [0.15, 0.2) is 0 Å². The van der Waals surface area contributed by atoms with Crippen LogP contribution >= 0.6 is 11.6 Å². The van der Waals surface area contributed by atoms with Gasteiger partial charge in [0.25, 0.3) is 0 Å². The number of halogens is 2. The minimum Gasteiger partial charge on any atom is -0.274 e. The van der Waals surface area contributed by atoms with Crippen molar-refractivity contribution in [3.63, 3.8) is 0 Å². The zero-order valence-electron chi connectivity index (χ0n) is 11.1. The lowest BCUT2D eigenvalue weighted by Gasteiger charge is -2.25. The molecule has 106 valence electrons. The molecule has 0 aromatic heterocycles. The lowest BCUT2D eigenvalue weighted by molar-refractivity contribution is -0.122. The lowest BCUT2D eigenvalue weighted by atomic mass is 9.76. The molecule has 2 fully saturated rings. The molecule has 3 rings (SSSR count). The largest absolute Gasteiger partial charge is 0.274 e. The Bertz CT molecular complexity index is 589. The normalized spacial score (nSPS) is 29.8. The van der Waals surface area contributed by atoms with E-state index in [2.05, 4.69) is 6.92 Å². The van der Waals surface area contributed by atoms with Crippen LogP contribution in [-0.4, -0.2) is 11.8 Å². The van der Waals surface area contributed by atoms with Crippen LogP contribution in [0.2, 0.25) is 5.02 Å². The summed E-state index contributed by atoms with van der Waals surface area (Å²) in [6.07, 6.45) is 2.47. The van der Waals surface area contributed by atoms with Crippen LogP contribution in [0.3, 0.4) is 0 Å². The maximum absolute atomic E-state index is 13.2. The summed E-state index contributed by atoms with van der Waals surface area (Å²) in [5, 5.41) is -0.0775. The third kappa shape index (κ3) is 2.03. The third-order valence-corrected chi connectivity index (χ3v) is 4.64. The minimum absolute atomic E-state index is 0.0775. The van der Waals surface area contributed by atoms with Crippen LogP contribution in [0.4, 0.5) is 10.1 Å². The van der Waals surface area contributed by atoms with Gasteiger partial charge in [0.1, 0.15) is 5.82 Å². The summed E-state index contributed by atoms with van der Waals surface area (Å²) in [5.74, 6) is -0.883. The predicted molar refractivity (Wildman–Crippen MR) is 73.9 cm³/mol.